The van der Waals surface area contributed by atoms with Crippen LogP contribution in [0, 0.1) is 0 Å². The lowest BCUT2D eigenvalue weighted by molar-refractivity contribution is -0.0965. The largest absolute Gasteiger partial charge is 0.389 e. The first kappa shape index (κ1) is 6.95. The van der Waals surface area contributed by atoms with E-state index in [4.69, 9.17) is 20.7 Å². The molecular formula is C5H11NO3. The fraction of sp³-hybridized carbons (Fsp3) is 1.00. The predicted molar refractivity (Wildman–Crippen MR) is 30.8 cm³/mol. The first-order chi connectivity index (χ1) is 4.22. The van der Waals surface area contributed by atoms with E-state index in [1.165, 1.54) is 0 Å². The maximum absolute atomic E-state index is 8.99. The molecule has 0 bridgehead atoms. The lowest BCUT2D eigenvalue weighted by Crippen LogP contribution is -2.51. The van der Waals surface area contributed by atoms with Gasteiger partial charge < -0.3 is 20.7 Å². The highest BCUT2D eigenvalue weighted by molar-refractivity contribution is 4.81. The molecule has 0 aliphatic carbocycles. The molecule has 4 nitrogen and oxygen atoms in total. The van der Waals surface area contributed by atoms with Crippen molar-refractivity contribution < 1.29 is 14.9 Å². The van der Waals surface area contributed by atoms with E-state index in [1.807, 2.05) is 0 Å². The SMILES string of the molecule is N[C@@H]1COC[C@@H](O)[C@H]1O. The lowest BCUT2D eigenvalue weighted by atomic mass is 10.1. The van der Waals surface area contributed by atoms with Gasteiger partial charge in [0.25, 0.3) is 0 Å². The first-order valence-electron chi connectivity index (χ1n) is 2.91. The molecule has 1 saturated heterocycles. The fourth-order valence-corrected chi connectivity index (χ4v) is 0.807. The number of aliphatic hydroxyl groups is 2. The Morgan fingerprint density at radius 1 is 1.33 bits per heavy atom. The van der Waals surface area contributed by atoms with Gasteiger partial charge in [-0.2, -0.15) is 0 Å². The normalized spacial score (nSPS) is 45.0. The van der Waals surface area contributed by atoms with Crippen molar-refractivity contribution in [3.05, 3.63) is 0 Å². The van der Waals surface area contributed by atoms with Crippen molar-refractivity contribution in [1.82, 2.24) is 0 Å². The Hall–Kier alpha value is -0.160. The minimum atomic E-state index is -0.821. The van der Waals surface area contributed by atoms with Crippen LogP contribution in [0.5, 0.6) is 0 Å². The molecule has 9 heavy (non-hydrogen) atoms. The molecule has 1 aliphatic heterocycles. The summed E-state index contributed by atoms with van der Waals surface area (Å²) in [6.07, 6.45) is -1.63. The standard InChI is InChI=1S/C5H11NO3/c6-3-1-9-2-4(7)5(3)8/h3-5,7-8H,1-2,6H2/t3-,4-,5+/m1/s1. The van der Waals surface area contributed by atoms with Crippen molar-refractivity contribution in [3.8, 4) is 0 Å². The van der Waals surface area contributed by atoms with Gasteiger partial charge in [-0.1, -0.05) is 0 Å². The maximum Gasteiger partial charge on any atom is 0.105 e. The van der Waals surface area contributed by atoms with E-state index in [1.54, 1.807) is 0 Å². The molecular weight excluding hydrogens is 122 g/mol. The summed E-state index contributed by atoms with van der Waals surface area (Å²) in [6, 6.07) is -0.436. The van der Waals surface area contributed by atoms with Crippen LogP contribution >= 0.6 is 0 Å². The highest BCUT2D eigenvalue weighted by Crippen LogP contribution is 2.05. The number of hydrogen-bond donors (Lipinski definition) is 3. The number of hydrogen-bond acceptors (Lipinski definition) is 4. The minimum Gasteiger partial charge on any atom is -0.389 e. The van der Waals surface area contributed by atoms with Crippen LogP contribution in [-0.2, 0) is 4.74 Å². The van der Waals surface area contributed by atoms with Crippen molar-refractivity contribution in [1.29, 1.82) is 0 Å². The smallest absolute Gasteiger partial charge is 0.105 e. The molecule has 0 spiro atoms. The number of aliphatic hydroxyl groups excluding tert-OH is 2. The summed E-state index contributed by atoms with van der Waals surface area (Å²) in [5.74, 6) is 0. The van der Waals surface area contributed by atoms with Gasteiger partial charge in [0.1, 0.15) is 6.10 Å². The van der Waals surface area contributed by atoms with Gasteiger partial charge in [0.2, 0.25) is 0 Å². The highest BCUT2D eigenvalue weighted by Gasteiger charge is 2.27. The zero-order valence-electron chi connectivity index (χ0n) is 5.03. The molecule has 54 valence electrons. The highest BCUT2D eigenvalue weighted by atomic mass is 16.5. The zero-order chi connectivity index (χ0) is 6.85. The Labute approximate surface area is 53.2 Å². The van der Waals surface area contributed by atoms with Crippen LogP contribution in [0.1, 0.15) is 0 Å². The van der Waals surface area contributed by atoms with E-state index >= 15 is 0 Å². The van der Waals surface area contributed by atoms with Crippen molar-refractivity contribution >= 4 is 0 Å². The molecule has 4 heteroatoms. The Morgan fingerprint density at radius 3 is 2.44 bits per heavy atom. The molecule has 0 aromatic heterocycles. The summed E-state index contributed by atoms with van der Waals surface area (Å²) in [7, 11) is 0. The van der Waals surface area contributed by atoms with Crippen molar-refractivity contribution in [2.24, 2.45) is 5.73 Å². The molecule has 0 radical (unpaired) electrons. The van der Waals surface area contributed by atoms with Gasteiger partial charge >= 0.3 is 0 Å². The van der Waals surface area contributed by atoms with Crippen molar-refractivity contribution in [2.45, 2.75) is 18.2 Å². The van der Waals surface area contributed by atoms with E-state index in [2.05, 4.69) is 0 Å². The molecule has 0 aromatic rings. The summed E-state index contributed by atoms with van der Waals surface area (Å²) in [5.41, 5.74) is 5.33. The molecule has 1 rings (SSSR count). The summed E-state index contributed by atoms with van der Waals surface area (Å²) < 4.78 is 4.83. The molecule has 0 aromatic carbocycles. The van der Waals surface area contributed by atoms with Gasteiger partial charge in [-0.05, 0) is 0 Å². The van der Waals surface area contributed by atoms with E-state index in [9.17, 15) is 0 Å². The average Bonchev–Trinajstić information content (AvgIpc) is 1.83. The molecule has 0 saturated carbocycles. The van der Waals surface area contributed by atoms with Crippen LogP contribution in [-0.4, -0.2) is 41.7 Å². The molecule has 0 unspecified atom stereocenters. The Kier molecular flexibility index (Phi) is 2.02. The van der Waals surface area contributed by atoms with Crippen molar-refractivity contribution in [2.75, 3.05) is 13.2 Å². The van der Waals surface area contributed by atoms with Crippen LogP contribution in [0.25, 0.3) is 0 Å². The minimum absolute atomic E-state index is 0.189. The summed E-state index contributed by atoms with van der Waals surface area (Å²) in [5, 5.41) is 17.9. The van der Waals surface area contributed by atoms with Crippen molar-refractivity contribution in [3.63, 3.8) is 0 Å². The first-order valence-corrected chi connectivity index (χ1v) is 2.91. The van der Waals surface area contributed by atoms with Crippen LogP contribution in [0.2, 0.25) is 0 Å². The Morgan fingerprint density at radius 2 is 2.00 bits per heavy atom. The molecule has 3 atom stereocenters. The van der Waals surface area contributed by atoms with Gasteiger partial charge in [0, 0.05) is 0 Å². The fourth-order valence-electron chi connectivity index (χ4n) is 0.807. The second-order valence-corrected chi connectivity index (χ2v) is 2.26. The second-order valence-electron chi connectivity index (χ2n) is 2.26. The van der Waals surface area contributed by atoms with Crippen LogP contribution in [0.4, 0.5) is 0 Å². The zero-order valence-corrected chi connectivity index (χ0v) is 5.03. The molecule has 0 amide bonds. The lowest BCUT2D eigenvalue weighted by Gasteiger charge is -2.28. The maximum atomic E-state index is 8.99. The van der Waals surface area contributed by atoms with E-state index in [-0.39, 0.29) is 6.61 Å². The third-order valence-electron chi connectivity index (χ3n) is 1.43. The van der Waals surface area contributed by atoms with Gasteiger partial charge in [0.15, 0.2) is 0 Å². The Bertz CT molecular complexity index is 88.2. The molecule has 1 aliphatic rings. The van der Waals surface area contributed by atoms with E-state index in [0.29, 0.717) is 6.61 Å². The third kappa shape index (κ3) is 1.40. The summed E-state index contributed by atoms with van der Waals surface area (Å²) >= 11 is 0. The molecule has 1 heterocycles. The molecule has 4 N–H and O–H groups in total. The average molecular weight is 133 g/mol. The van der Waals surface area contributed by atoms with E-state index < -0.39 is 18.2 Å². The van der Waals surface area contributed by atoms with Gasteiger partial charge in [-0.25, -0.2) is 0 Å². The van der Waals surface area contributed by atoms with Crippen LogP contribution in [0.15, 0.2) is 0 Å². The number of ether oxygens (including phenoxy) is 1. The second kappa shape index (κ2) is 2.62. The van der Waals surface area contributed by atoms with Gasteiger partial charge in [-0.15, -0.1) is 0 Å². The molecule has 1 fully saturated rings. The van der Waals surface area contributed by atoms with E-state index in [0.717, 1.165) is 0 Å². The monoisotopic (exact) mass is 133 g/mol. The van der Waals surface area contributed by atoms with Crippen LogP contribution in [0.3, 0.4) is 0 Å². The van der Waals surface area contributed by atoms with Gasteiger partial charge in [-0.3, -0.25) is 0 Å². The topological polar surface area (TPSA) is 75.7 Å². The number of nitrogens with two attached hydrogens (primary N) is 1. The van der Waals surface area contributed by atoms with Crippen LogP contribution < -0.4 is 5.73 Å². The third-order valence-corrected chi connectivity index (χ3v) is 1.43. The summed E-state index contributed by atoms with van der Waals surface area (Å²) in [4.78, 5) is 0. The number of rotatable bonds is 0. The summed E-state index contributed by atoms with van der Waals surface area (Å²) in [6.45, 7) is 0.521. The quantitative estimate of drug-likeness (QED) is 0.359. The Balaban J connectivity index is 2.41. The predicted octanol–water partition coefficient (Wildman–Crippen LogP) is -1.93. The van der Waals surface area contributed by atoms with Gasteiger partial charge in [0.05, 0.1) is 25.4 Å².